The summed E-state index contributed by atoms with van der Waals surface area (Å²) < 4.78 is 13.9. The lowest BCUT2D eigenvalue weighted by molar-refractivity contribution is -0.142. The molecular formula is C43H49FN6O3. The lowest BCUT2D eigenvalue weighted by atomic mass is 10.00. The molecule has 3 fully saturated rings. The van der Waals surface area contributed by atoms with E-state index in [-0.39, 0.29) is 35.6 Å². The predicted molar refractivity (Wildman–Crippen MR) is 207 cm³/mol. The molecule has 3 unspecified atom stereocenters. The summed E-state index contributed by atoms with van der Waals surface area (Å²) in [5.41, 5.74) is 5.34. The second-order valence-electron chi connectivity index (χ2n) is 14.5. The lowest BCUT2D eigenvalue weighted by Crippen LogP contribution is -2.49. The number of nitrogens with zero attached hydrogens (tertiary/aromatic N) is 3. The van der Waals surface area contributed by atoms with Crippen molar-refractivity contribution >= 4 is 34.8 Å². The van der Waals surface area contributed by atoms with Crippen LogP contribution in [0.5, 0.6) is 0 Å². The molecule has 3 amide bonds. The first-order chi connectivity index (χ1) is 25.9. The monoisotopic (exact) mass is 716 g/mol. The number of hydrogen-bond donors (Lipinski definition) is 3. The summed E-state index contributed by atoms with van der Waals surface area (Å²) in [4.78, 5) is 46.7. The fourth-order valence-electron chi connectivity index (χ4n) is 7.86. The second kappa shape index (κ2) is 17.2. The highest BCUT2D eigenvalue weighted by molar-refractivity contribution is 5.98. The third-order valence-corrected chi connectivity index (χ3v) is 10.7. The van der Waals surface area contributed by atoms with Gasteiger partial charge in [-0.3, -0.25) is 19.3 Å². The van der Waals surface area contributed by atoms with Crippen molar-refractivity contribution in [1.29, 1.82) is 0 Å². The van der Waals surface area contributed by atoms with E-state index in [1.165, 1.54) is 18.6 Å². The van der Waals surface area contributed by atoms with Gasteiger partial charge in [-0.15, -0.1) is 0 Å². The number of halogens is 1. The highest BCUT2D eigenvalue weighted by Crippen LogP contribution is 2.31. The summed E-state index contributed by atoms with van der Waals surface area (Å²) in [7, 11) is 0. The van der Waals surface area contributed by atoms with Gasteiger partial charge in [0.15, 0.2) is 0 Å². The molecule has 4 aromatic rings. The van der Waals surface area contributed by atoms with Crippen LogP contribution in [0.4, 0.5) is 21.5 Å². The average Bonchev–Trinajstić information content (AvgIpc) is 3.92. The number of amides is 3. The Balaban J connectivity index is 1.00. The lowest BCUT2D eigenvalue weighted by Gasteiger charge is -2.37. The number of likely N-dealkylation sites (tertiary alicyclic amines) is 2. The van der Waals surface area contributed by atoms with E-state index >= 15 is 0 Å². The van der Waals surface area contributed by atoms with Crippen LogP contribution in [-0.4, -0.2) is 65.8 Å². The van der Waals surface area contributed by atoms with Gasteiger partial charge in [-0.2, -0.15) is 0 Å². The molecule has 3 N–H and O–H groups in total. The Morgan fingerprint density at radius 3 is 1.92 bits per heavy atom. The maximum Gasteiger partial charge on any atom is 0.247 e. The zero-order chi connectivity index (χ0) is 36.6. The molecule has 53 heavy (non-hydrogen) atoms. The van der Waals surface area contributed by atoms with Crippen LogP contribution in [0.15, 0.2) is 103 Å². The van der Waals surface area contributed by atoms with Crippen molar-refractivity contribution in [3.63, 3.8) is 0 Å². The van der Waals surface area contributed by atoms with Crippen LogP contribution in [-0.2, 0) is 27.5 Å². The van der Waals surface area contributed by atoms with Gasteiger partial charge in [0, 0.05) is 36.7 Å². The Hall–Kier alpha value is -5.06. The van der Waals surface area contributed by atoms with Crippen molar-refractivity contribution in [2.75, 3.05) is 41.7 Å². The highest BCUT2D eigenvalue weighted by Gasteiger charge is 2.40. The van der Waals surface area contributed by atoms with Crippen LogP contribution >= 0.6 is 0 Å². The molecule has 0 radical (unpaired) electrons. The normalized spacial score (nSPS) is 19.5. The first kappa shape index (κ1) is 36.3. The molecule has 4 aromatic carbocycles. The van der Waals surface area contributed by atoms with Gasteiger partial charge < -0.3 is 25.8 Å². The molecule has 0 saturated carbocycles. The summed E-state index contributed by atoms with van der Waals surface area (Å²) in [5.74, 6) is -0.467. The van der Waals surface area contributed by atoms with Gasteiger partial charge >= 0.3 is 0 Å². The fourth-order valence-corrected chi connectivity index (χ4v) is 7.86. The van der Waals surface area contributed by atoms with Gasteiger partial charge in [0.25, 0.3) is 0 Å². The number of carbonyl (C=O) groups excluding carboxylic acids is 3. The van der Waals surface area contributed by atoms with E-state index in [1.54, 1.807) is 17.0 Å². The molecule has 9 nitrogen and oxygen atoms in total. The highest BCUT2D eigenvalue weighted by atomic mass is 19.1. The number of hydrogen-bond acceptors (Lipinski definition) is 6. The number of piperidine rings is 1. The van der Waals surface area contributed by atoms with Crippen molar-refractivity contribution in [2.45, 2.75) is 76.2 Å². The maximum atomic E-state index is 14.2. The Bertz CT molecular complexity index is 1830. The summed E-state index contributed by atoms with van der Waals surface area (Å²) in [6.45, 7) is 4.31. The Kier molecular flexibility index (Phi) is 11.8. The van der Waals surface area contributed by atoms with Crippen molar-refractivity contribution in [1.82, 2.24) is 15.1 Å². The van der Waals surface area contributed by atoms with Gasteiger partial charge in [-0.1, -0.05) is 61.0 Å². The van der Waals surface area contributed by atoms with Crippen LogP contribution in [0.1, 0.15) is 67.7 Å². The number of rotatable bonds is 12. The van der Waals surface area contributed by atoms with Crippen molar-refractivity contribution in [2.24, 2.45) is 0 Å². The molecule has 3 atom stereocenters. The fraction of sp³-hybridized carbons (Fsp3) is 0.372. The summed E-state index contributed by atoms with van der Waals surface area (Å²) >= 11 is 0. The minimum Gasteiger partial charge on any atom is -0.363 e. The third kappa shape index (κ3) is 9.12. The predicted octanol–water partition coefficient (Wildman–Crippen LogP) is 6.88. The van der Waals surface area contributed by atoms with Gasteiger partial charge in [0.05, 0.1) is 6.04 Å². The topological polar surface area (TPSA) is 97.0 Å². The summed E-state index contributed by atoms with van der Waals surface area (Å²) in [5, 5.41) is 9.32. The number of benzene rings is 4. The van der Waals surface area contributed by atoms with Gasteiger partial charge in [0.2, 0.25) is 17.7 Å². The maximum absolute atomic E-state index is 14.2. The minimum absolute atomic E-state index is 0.00717. The molecule has 3 saturated heterocycles. The van der Waals surface area contributed by atoms with E-state index in [9.17, 15) is 18.8 Å². The largest absolute Gasteiger partial charge is 0.363 e. The van der Waals surface area contributed by atoms with E-state index in [2.05, 4.69) is 25.8 Å². The molecule has 0 aliphatic carbocycles. The number of nitrogens with one attached hydrogen (secondary N) is 3. The molecule has 10 heteroatoms. The van der Waals surface area contributed by atoms with Crippen molar-refractivity contribution in [3.05, 3.63) is 126 Å². The first-order valence-electron chi connectivity index (χ1n) is 19.0. The molecule has 3 aliphatic rings. The van der Waals surface area contributed by atoms with Crippen molar-refractivity contribution in [3.8, 4) is 0 Å². The van der Waals surface area contributed by atoms with E-state index in [4.69, 9.17) is 0 Å². The average molecular weight is 717 g/mol. The molecule has 0 bridgehead atoms. The number of anilines is 3. The van der Waals surface area contributed by atoms with E-state index in [0.717, 1.165) is 79.8 Å². The Morgan fingerprint density at radius 1 is 0.698 bits per heavy atom. The van der Waals surface area contributed by atoms with Crippen LogP contribution in [0.25, 0.3) is 0 Å². The van der Waals surface area contributed by atoms with Gasteiger partial charge in [-0.25, -0.2) is 4.39 Å². The molecular weight excluding hydrogens is 668 g/mol. The van der Waals surface area contributed by atoms with Crippen LogP contribution in [0.3, 0.4) is 0 Å². The van der Waals surface area contributed by atoms with Crippen molar-refractivity contribution < 1.29 is 18.8 Å². The van der Waals surface area contributed by atoms with E-state index < -0.39 is 6.04 Å². The Labute approximate surface area is 311 Å². The van der Waals surface area contributed by atoms with Gasteiger partial charge in [-0.05, 0) is 123 Å². The molecule has 3 heterocycles. The molecule has 7 rings (SSSR count). The zero-order valence-electron chi connectivity index (χ0n) is 30.2. The smallest absolute Gasteiger partial charge is 0.247 e. The SMILES string of the molecule is O=C(Nc1ccc(CN(Cc2ccc(NC(=O)C3CCCN3C(=O)C(c3ccccc3)N3CCCCC3)cc2)c2ccc(F)cc2)cc1)C1CCCN1. The third-order valence-electron chi connectivity index (χ3n) is 10.7. The molecule has 0 aromatic heterocycles. The zero-order valence-corrected chi connectivity index (χ0v) is 30.2. The molecule has 3 aliphatic heterocycles. The molecule has 0 spiro atoms. The van der Waals surface area contributed by atoms with Crippen LogP contribution < -0.4 is 20.9 Å². The van der Waals surface area contributed by atoms with Gasteiger partial charge in [0.1, 0.15) is 17.9 Å². The minimum atomic E-state index is -0.522. The quantitative estimate of drug-likeness (QED) is 0.148. The molecule has 276 valence electrons. The van der Waals surface area contributed by atoms with Crippen LogP contribution in [0.2, 0.25) is 0 Å². The second-order valence-corrected chi connectivity index (χ2v) is 14.5. The first-order valence-corrected chi connectivity index (χ1v) is 19.0. The standard InChI is InChI=1S/C43H49FN6O3/c44-34-17-23-37(24-18-34)49(29-31-13-19-35(20-14-31)46-41(51)38-11-7-25-45-38)30-32-15-21-36(22-16-32)47-42(52)39-12-8-28-50(39)43(53)40(33-9-3-1-4-10-33)48-26-5-2-6-27-48/h1,3-4,9-10,13-24,38-40,45H,2,5-8,11-12,25-30H2,(H,46,51)(H,47,52). The summed E-state index contributed by atoms with van der Waals surface area (Å²) in [6, 6.07) is 31.0. The van der Waals surface area contributed by atoms with E-state index in [1.807, 2.05) is 78.9 Å². The Morgan fingerprint density at radius 2 is 1.32 bits per heavy atom. The van der Waals surface area contributed by atoms with E-state index in [0.29, 0.717) is 31.7 Å². The van der Waals surface area contributed by atoms with Crippen LogP contribution in [0, 0.1) is 5.82 Å². The number of carbonyl (C=O) groups is 3. The summed E-state index contributed by atoms with van der Waals surface area (Å²) in [6.07, 6.45) is 6.60.